The summed E-state index contributed by atoms with van der Waals surface area (Å²) in [6, 6.07) is 1.44. The van der Waals surface area contributed by atoms with E-state index < -0.39 is 0 Å². The van der Waals surface area contributed by atoms with Gasteiger partial charge < -0.3 is 5.32 Å². The molecule has 0 aliphatic carbocycles. The summed E-state index contributed by atoms with van der Waals surface area (Å²) in [6.07, 6.45) is 3.93. The molecule has 1 heterocycles. The van der Waals surface area contributed by atoms with Crippen molar-refractivity contribution in [2.24, 2.45) is 5.92 Å². The minimum atomic E-state index is 0.693. The van der Waals surface area contributed by atoms with Crippen LogP contribution < -0.4 is 5.32 Å². The van der Waals surface area contributed by atoms with Gasteiger partial charge in [0.25, 0.3) is 0 Å². The molecular formula is C15H32N2S. The van der Waals surface area contributed by atoms with Crippen LogP contribution in [0.1, 0.15) is 47.0 Å². The van der Waals surface area contributed by atoms with Gasteiger partial charge in [0.1, 0.15) is 0 Å². The van der Waals surface area contributed by atoms with Crippen LogP contribution in [-0.4, -0.2) is 48.1 Å². The Morgan fingerprint density at radius 3 is 2.78 bits per heavy atom. The van der Waals surface area contributed by atoms with Gasteiger partial charge in [-0.15, -0.1) is 0 Å². The largest absolute Gasteiger partial charge is 0.312 e. The molecule has 0 aromatic rings. The van der Waals surface area contributed by atoms with Crippen molar-refractivity contribution in [1.82, 2.24) is 10.2 Å². The molecule has 108 valence electrons. The van der Waals surface area contributed by atoms with E-state index in [1.54, 1.807) is 0 Å². The third-order valence-corrected chi connectivity index (χ3v) is 5.23. The summed E-state index contributed by atoms with van der Waals surface area (Å²) in [5.41, 5.74) is 0. The molecule has 0 aromatic carbocycles. The third kappa shape index (κ3) is 5.50. The second-order valence-corrected chi connectivity index (χ2v) is 7.02. The van der Waals surface area contributed by atoms with Crippen LogP contribution in [0, 0.1) is 5.92 Å². The molecule has 2 nitrogen and oxygen atoms in total. The molecule has 1 rings (SSSR count). The number of rotatable bonds is 7. The number of hydrogen-bond acceptors (Lipinski definition) is 3. The summed E-state index contributed by atoms with van der Waals surface area (Å²) >= 11 is 2.07. The van der Waals surface area contributed by atoms with Gasteiger partial charge in [-0.2, -0.15) is 11.8 Å². The predicted octanol–water partition coefficient (Wildman–Crippen LogP) is 3.23. The maximum Gasteiger partial charge on any atom is 0.0220 e. The van der Waals surface area contributed by atoms with E-state index in [1.807, 2.05) is 0 Å². The monoisotopic (exact) mass is 272 g/mol. The van der Waals surface area contributed by atoms with E-state index in [4.69, 9.17) is 0 Å². The van der Waals surface area contributed by atoms with Crippen LogP contribution in [0.5, 0.6) is 0 Å². The highest BCUT2D eigenvalue weighted by Gasteiger charge is 2.24. The fraction of sp³-hybridized carbons (Fsp3) is 1.00. The minimum absolute atomic E-state index is 0.693. The summed E-state index contributed by atoms with van der Waals surface area (Å²) in [5, 5.41) is 3.74. The zero-order chi connectivity index (χ0) is 13.4. The maximum atomic E-state index is 3.74. The van der Waals surface area contributed by atoms with Crippen molar-refractivity contribution in [1.29, 1.82) is 0 Å². The Balaban J connectivity index is 2.42. The van der Waals surface area contributed by atoms with Crippen LogP contribution in [0.25, 0.3) is 0 Å². The Kier molecular flexibility index (Phi) is 8.36. The van der Waals surface area contributed by atoms with Crippen molar-refractivity contribution in [2.75, 3.05) is 31.1 Å². The first-order valence-corrected chi connectivity index (χ1v) is 8.89. The molecule has 1 aliphatic heterocycles. The molecule has 0 radical (unpaired) electrons. The van der Waals surface area contributed by atoms with E-state index in [0.29, 0.717) is 6.04 Å². The van der Waals surface area contributed by atoms with E-state index >= 15 is 0 Å². The smallest absolute Gasteiger partial charge is 0.0220 e. The second-order valence-electron chi connectivity index (χ2n) is 5.63. The normalized spacial score (nSPS) is 25.7. The lowest BCUT2D eigenvalue weighted by Gasteiger charge is -2.32. The van der Waals surface area contributed by atoms with Gasteiger partial charge in [-0.1, -0.05) is 27.2 Å². The molecule has 1 fully saturated rings. The lowest BCUT2D eigenvalue weighted by atomic mass is 9.98. The van der Waals surface area contributed by atoms with E-state index in [0.717, 1.165) is 12.0 Å². The van der Waals surface area contributed by atoms with E-state index in [9.17, 15) is 0 Å². The molecule has 3 unspecified atom stereocenters. The van der Waals surface area contributed by atoms with Gasteiger partial charge in [-0.05, 0) is 50.3 Å². The maximum absolute atomic E-state index is 3.74. The Labute approximate surface area is 118 Å². The van der Waals surface area contributed by atoms with Gasteiger partial charge in [0.15, 0.2) is 0 Å². The van der Waals surface area contributed by atoms with Crippen molar-refractivity contribution in [3.05, 3.63) is 0 Å². The van der Waals surface area contributed by atoms with E-state index in [2.05, 4.69) is 49.7 Å². The molecule has 1 saturated heterocycles. The van der Waals surface area contributed by atoms with Gasteiger partial charge in [0, 0.05) is 18.6 Å². The molecular weight excluding hydrogens is 240 g/mol. The fourth-order valence-corrected chi connectivity index (χ4v) is 3.42. The van der Waals surface area contributed by atoms with Crippen LogP contribution in [0.15, 0.2) is 0 Å². The topological polar surface area (TPSA) is 15.3 Å². The summed E-state index contributed by atoms with van der Waals surface area (Å²) < 4.78 is 0. The standard InChI is InChI=1S/C15H32N2S/c1-5-13(3)15-12-17(10-7-9-16-15)14(4)8-11-18-6-2/h13-16H,5-12H2,1-4H3. The van der Waals surface area contributed by atoms with Crippen LogP contribution in [-0.2, 0) is 0 Å². The molecule has 0 aromatic heterocycles. The average molecular weight is 273 g/mol. The second kappa shape index (κ2) is 9.22. The van der Waals surface area contributed by atoms with Gasteiger partial charge >= 0.3 is 0 Å². The number of hydrogen-bond donors (Lipinski definition) is 1. The van der Waals surface area contributed by atoms with Crippen LogP contribution in [0.4, 0.5) is 0 Å². The first-order chi connectivity index (χ1) is 8.69. The molecule has 0 spiro atoms. The average Bonchev–Trinajstić information content (AvgIpc) is 2.63. The van der Waals surface area contributed by atoms with Crippen LogP contribution in [0.2, 0.25) is 0 Å². The highest BCUT2D eigenvalue weighted by Crippen LogP contribution is 2.16. The predicted molar refractivity (Wildman–Crippen MR) is 84.5 cm³/mol. The third-order valence-electron chi connectivity index (χ3n) is 4.30. The molecule has 3 heteroatoms. The summed E-state index contributed by atoms with van der Waals surface area (Å²) in [4.78, 5) is 2.72. The molecule has 0 bridgehead atoms. The number of nitrogens with one attached hydrogen (secondary N) is 1. The summed E-state index contributed by atoms with van der Waals surface area (Å²) in [7, 11) is 0. The SMILES string of the molecule is CCSCCC(C)N1CCCNC(C(C)CC)C1. The quantitative estimate of drug-likeness (QED) is 0.716. The minimum Gasteiger partial charge on any atom is -0.312 e. The Morgan fingerprint density at radius 2 is 2.11 bits per heavy atom. The Morgan fingerprint density at radius 1 is 1.33 bits per heavy atom. The first-order valence-electron chi connectivity index (χ1n) is 7.74. The highest BCUT2D eigenvalue weighted by atomic mass is 32.2. The lowest BCUT2D eigenvalue weighted by Crippen LogP contribution is -2.44. The van der Waals surface area contributed by atoms with Crippen molar-refractivity contribution in [3.8, 4) is 0 Å². The summed E-state index contributed by atoms with van der Waals surface area (Å²) in [5.74, 6) is 3.36. The van der Waals surface area contributed by atoms with Crippen molar-refractivity contribution in [3.63, 3.8) is 0 Å². The first kappa shape index (κ1) is 16.3. The Hall–Kier alpha value is 0.270. The van der Waals surface area contributed by atoms with Crippen molar-refractivity contribution < 1.29 is 0 Å². The van der Waals surface area contributed by atoms with E-state index in [1.165, 1.54) is 50.4 Å². The zero-order valence-corrected chi connectivity index (χ0v) is 13.6. The van der Waals surface area contributed by atoms with Crippen LogP contribution >= 0.6 is 11.8 Å². The van der Waals surface area contributed by atoms with Gasteiger partial charge in [0.2, 0.25) is 0 Å². The molecule has 3 atom stereocenters. The molecule has 0 saturated carbocycles. The molecule has 18 heavy (non-hydrogen) atoms. The van der Waals surface area contributed by atoms with Crippen molar-refractivity contribution >= 4 is 11.8 Å². The summed E-state index contributed by atoms with van der Waals surface area (Å²) in [6.45, 7) is 13.1. The zero-order valence-electron chi connectivity index (χ0n) is 12.7. The van der Waals surface area contributed by atoms with Gasteiger partial charge in [-0.25, -0.2) is 0 Å². The fourth-order valence-electron chi connectivity index (χ4n) is 2.62. The Bertz CT molecular complexity index is 211. The number of nitrogens with zero attached hydrogens (tertiary/aromatic N) is 1. The molecule has 0 amide bonds. The van der Waals surface area contributed by atoms with Gasteiger partial charge in [-0.3, -0.25) is 4.90 Å². The van der Waals surface area contributed by atoms with Gasteiger partial charge in [0.05, 0.1) is 0 Å². The van der Waals surface area contributed by atoms with Crippen LogP contribution in [0.3, 0.4) is 0 Å². The molecule has 1 aliphatic rings. The molecule has 1 N–H and O–H groups in total. The number of thioether (sulfide) groups is 1. The highest BCUT2D eigenvalue weighted by molar-refractivity contribution is 7.99. The lowest BCUT2D eigenvalue weighted by molar-refractivity contribution is 0.184. The van der Waals surface area contributed by atoms with E-state index in [-0.39, 0.29) is 0 Å². The van der Waals surface area contributed by atoms with Crippen molar-refractivity contribution in [2.45, 2.75) is 59.0 Å².